The van der Waals surface area contributed by atoms with Crippen molar-refractivity contribution in [3.63, 3.8) is 0 Å². The minimum atomic E-state index is -0.840. The van der Waals surface area contributed by atoms with Crippen molar-refractivity contribution in [1.29, 1.82) is 5.26 Å². The number of nitro groups is 1. The number of esters is 1. The number of hydrogen-bond acceptors (Lipinski definition) is 5. The molecule has 1 aromatic carbocycles. The van der Waals surface area contributed by atoms with Gasteiger partial charge in [0.2, 0.25) is 0 Å². The molecule has 18 heavy (non-hydrogen) atoms. The monoisotopic (exact) mass is 268 g/mol. The Kier molecular flexibility index (Phi) is 4.63. The zero-order chi connectivity index (χ0) is 13.7. The Morgan fingerprint density at radius 3 is 2.72 bits per heavy atom. The molecule has 0 heterocycles. The van der Waals surface area contributed by atoms with Crippen molar-refractivity contribution >= 4 is 23.3 Å². The van der Waals surface area contributed by atoms with Crippen LogP contribution in [0.4, 0.5) is 5.69 Å². The fraction of sp³-hybridized carbons (Fsp3) is 0.273. The highest BCUT2D eigenvalue weighted by molar-refractivity contribution is 6.17. The summed E-state index contributed by atoms with van der Waals surface area (Å²) >= 11 is 5.59. The Hall–Kier alpha value is -2.13. The number of hydrogen-bond donors (Lipinski definition) is 0. The minimum Gasteiger partial charge on any atom is -0.462 e. The summed E-state index contributed by atoms with van der Waals surface area (Å²) in [5, 5.41) is 19.8. The van der Waals surface area contributed by atoms with Crippen LogP contribution in [0.25, 0.3) is 0 Å². The van der Waals surface area contributed by atoms with Gasteiger partial charge in [0.15, 0.2) is 0 Å². The van der Waals surface area contributed by atoms with Gasteiger partial charge in [0.25, 0.3) is 5.69 Å². The predicted octanol–water partition coefficient (Wildman–Crippen LogP) is 2.38. The highest BCUT2D eigenvalue weighted by Crippen LogP contribution is 2.27. The SMILES string of the molecule is CCOC(=O)c1cc(C#N)cc(CCl)c1[N+](=O)[O-]. The quantitative estimate of drug-likeness (QED) is 0.362. The van der Waals surface area contributed by atoms with Crippen LogP contribution in [0.5, 0.6) is 0 Å². The Balaban J connectivity index is 3.50. The Morgan fingerprint density at radius 1 is 1.61 bits per heavy atom. The second-order valence-electron chi connectivity index (χ2n) is 3.25. The number of alkyl halides is 1. The fourth-order valence-electron chi connectivity index (χ4n) is 1.44. The van der Waals surface area contributed by atoms with E-state index in [1.54, 1.807) is 6.92 Å². The summed E-state index contributed by atoms with van der Waals surface area (Å²) in [5.74, 6) is -1.01. The van der Waals surface area contributed by atoms with Crippen molar-refractivity contribution in [2.45, 2.75) is 12.8 Å². The third kappa shape index (κ3) is 2.76. The summed E-state index contributed by atoms with van der Waals surface area (Å²) < 4.78 is 4.72. The summed E-state index contributed by atoms with van der Waals surface area (Å²) in [4.78, 5) is 21.9. The number of halogens is 1. The van der Waals surface area contributed by atoms with Crippen molar-refractivity contribution < 1.29 is 14.5 Å². The van der Waals surface area contributed by atoms with Crippen LogP contribution < -0.4 is 0 Å². The van der Waals surface area contributed by atoms with E-state index in [0.29, 0.717) is 0 Å². The molecule has 0 aromatic heterocycles. The summed E-state index contributed by atoms with van der Waals surface area (Å²) in [7, 11) is 0. The molecule has 1 rings (SSSR count). The van der Waals surface area contributed by atoms with Crippen LogP contribution in [0.3, 0.4) is 0 Å². The number of rotatable bonds is 4. The molecule has 6 nitrogen and oxygen atoms in total. The van der Waals surface area contributed by atoms with Crippen LogP contribution in [0.2, 0.25) is 0 Å². The van der Waals surface area contributed by atoms with E-state index in [1.165, 1.54) is 6.07 Å². The lowest BCUT2D eigenvalue weighted by atomic mass is 10.0. The minimum absolute atomic E-state index is 0.0863. The lowest BCUT2D eigenvalue weighted by molar-refractivity contribution is -0.385. The Bertz CT molecular complexity index is 537. The zero-order valence-electron chi connectivity index (χ0n) is 9.47. The van der Waals surface area contributed by atoms with Gasteiger partial charge >= 0.3 is 5.97 Å². The van der Waals surface area contributed by atoms with Gasteiger partial charge < -0.3 is 4.74 Å². The molecule has 0 aliphatic heterocycles. The van der Waals surface area contributed by atoms with Crippen LogP contribution >= 0.6 is 11.6 Å². The molecular weight excluding hydrogens is 260 g/mol. The topological polar surface area (TPSA) is 93.2 Å². The molecule has 94 valence electrons. The first-order valence-corrected chi connectivity index (χ1v) is 5.53. The van der Waals surface area contributed by atoms with Gasteiger partial charge in [0, 0.05) is 5.56 Å². The van der Waals surface area contributed by atoms with Gasteiger partial charge in [-0.2, -0.15) is 5.26 Å². The summed E-state index contributed by atoms with van der Waals surface area (Å²) in [6.45, 7) is 1.67. The highest BCUT2D eigenvalue weighted by atomic mass is 35.5. The molecule has 1 aromatic rings. The predicted molar refractivity (Wildman–Crippen MR) is 63.3 cm³/mol. The number of ether oxygens (including phenoxy) is 1. The maximum absolute atomic E-state index is 11.6. The van der Waals surface area contributed by atoms with Gasteiger partial charge in [0.1, 0.15) is 5.56 Å². The molecule has 0 unspecified atom stereocenters. The molecule has 0 spiro atoms. The number of nitriles is 1. The van der Waals surface area contributed by atoms with Crippen molar-refractivity contribution in [3.05, 3.63) is 38.9 Å². The van der Waals surface area contributed by atoms with Gasteiger partial charge in [-0.3, -0.25) is 10.1 Å². The zero-order valence-corrected chi connectivity index (χ0v) is 10.2. The number of carbonyl (C=O) groups excluding carboxylic acids is 1. The van der Waals surface area contributed by atoms with E-state index in [1.807, 2.05) is 6.07 Å². The molecule has 0 saturated carbocycles. The third-order valence-corrected chi connectivity index (χ3v) is 2.43. The molecule has 0 N–H and O–H groups in total. The van der Waals surface area contributed by atoms with Crippen molar-refractivity contribution in [1.82, 2.24) is 0 Å². The molecule has 0 bridgehead atoms. The van der Waals surface area contributed by atoms with E-state index in [4.69, 9.17) is 21.6 Å². The van der Waals surface area contributed by atoms with E-state index in [9.17, 15) is 14.9 Å². The summed E-state index contributed by atoms with van der Waals surface area (Å²) in [5.41, 5.74) is -0.429. The lowest BCUT2D eigenvalue weighted by Gasteiger charge is -2.06. The Morgan fingerprint density at radius 2 is 2.28 bits per heavy atom. The maximum atomic E-state index is 11.6. The smallest absolute Gasteiger partial charge is 0.345 e. The van der Waals surface area contributed by atoms with Crippen molar-refractivity contribution in [2.24, 2.45) is 0 Å². The van der Waals surface area contributed by atoms with E-state index in [-0.39, 0.29) is 29.2 Å². The molecular formula is C11H9ClN2O4. The maximum Gasteiger partial charge on any atom is 0.345 e. The van der Waals surface area contributed by atoms with Crippen LogP contribution in [-0.4, -0.2) is 17.5 Å². The molecule has 0 aliphatic carbocycles. The largest absolute Gasteiger partial charge is 0.462 e. The number of benzene rings is 1. The van der Waals surface area contributed by atoms with Gasteiger partial charge in [-0.05, 0) is 19.1 Å². The number of carbonyl (C=O) groups is 1. The fourth-order valence-corrected chi connectivity index (χ4v) is 1.64. The van der Waals surface area contributed by atoms with Gasteiger partial charge in [-0.1, -0.05) is 0 Å². The van der Waals surface area contributed by atoms with Gasteiger partial charge in [0.05, 0.1) is 29.0 Å². The first-order valence-electron chi connectivity index (χ1n) is 4.99. The first kappa shape index (κ1) is 13.9. The molecule has 0 aliphatic rings. The van der Waals surface area contributed by atoms with Crippen LogP contribution in [0.15, 0.2) is 12.1 Å². The Labute approximate surface area is 108 Å². The summed E-state index contributed by atoms with van der Waals surface area (Å²) in [6, 6.07) is 4.23. The lowest BCUT2D eigenvalue weighted by Crippen LogP contribution is -2.10. The first-order chi connectivity index (χ1) is 8.54. The van der Waals surface area contributed by atoms with E-state index in [0.717, 1.165) is 6.07 Å². The number of nitrogens with zero attached hydrogens (tertiary/aromatic N) is 2. The molecule has 7 heteroatoms. The highest BCUT2D eigenvalue weighted by Gasteiger charge is 2.26. The van der Waals surface area contributed by atoms with Crippen LogP contribution in [0.1, 0.15) is 28.4 Å². The second kappa shape index (κ2) is 5.98. The van der Waals surface area contributed by atoms with Gasteiger partial charge in [-0.15, -0.1) is 11.6 Å². The van der Waals surface area contributed by atoms with Crippen LogP contribution in [0, 0.1) is 21.4 Å². The number of nitro benzene ring substituents is 1. The van der Waals surface area contributed by atoms with E-state index in [2.05, 4.69) is 0 Å². The standard InChI is InChI=1S/C11H9ClN2O4/c1-2-18-11(15)9-4-7(6-13)3-8(5-12)10(9)14(16)17/h3-4H,2,5H2,1H3. The molecule has 0 amide bonds. The second-order valence-corrected chi connectivity index (χ2v) is 3.52. The average Bonchev–Trinajstić information content (AvgIpc) is 2.36. The molecule has 0 fully saturated rings. The normalized spacial score (nSPS) is 9.61. The third-order valence-electron chi connectivity index (χ3n) is 2.14. The molecule has 0 atom stereocenters. The molecule has 0 radical (unpaired) electrons. The van der Waals surface area contributed by atoms with Gasteiger partial charge in [-0.25, -0.2) is 4.79 Å². The van der Waals surface area contributed by atoms with Crippen molar-refractivity contribution in [3.8, 4) is 6.07 Å². The van der Waals surface area contributed by atoms with Crippen LogP contribution in [-0.2, 0) is 10.6 Å². The van der Waals surface area contributed by atoms with E-state index < -0.39 is 16.6 Å². The van der Waals surface area contributed by atoms with Crippen molar-refractivity contribution in [2.75, 3.05) is 6.61 Å². The summed E-state index contributed by atoms with van der Waals surface area (Å²) in [6.07, 6.45) is 0. The van der Waals surface area contributed by atoms with E-state index >= 15 is 0 Å². The molecule has 0 saturated heterocycles. The average molecular weight is 269 g/mol.